The van der Waals surface area contributed by atoms with Crippen LogP contribution < -0.4 is 14.4 Å². The number of nitrogens with zero attached hydrogens (tertiary/aromatic N) is 2. The molecular formula is C35H39N3O5S. The number of nitrogens with one attached hydrogen (secondary N) is 1. The maximum Gasteiger partial charge on any atom is 0.264 e. The van der Waals surface area contributed by atoms with E-state index in [1.165, 1.54) is 24.1 Å². The van der Waals surface area contributed by atoms with Gasteiger partial charge in [-0.3, -0.25) is 13.9 Å². The average molecular weight is 614 g/mol. The number of anilines is 1. The summed E-state index contributed by atoms with van der Waals surface area (Å²) in [5.41, 5.74) is 2.97. The molecule has 1 N–H and O–H groups in total. The molecule has 0 aliphatic rings. The first-order chi connectivity index (χ1) is 21.2. The molecule has 0 saturated carbocycles. The standard InChI is InChI=1S/C35H39N3O5S/c1-4-22-36-35(40)33(23-28-15-7-5-8-16-28)37(25-29-17-12-11-14-27(29)2)34(39)26-38(30-18-13-19-31(24-30)43-3)44(41,42)32-20-9-6-10-21-32/h5-21,24,33H,4,22-23,25-26H2,1-3H3,(H,36,40)/t33-/m0/s1. The monoisotopic (exact) mass is 613 g/mol. The van der Waals surface area contributed by atoms with Crippen molar-refractivity contribution in [1.82, 2.24) is 10.2 Å². The topological polar surface area (TPSA) is 96.0 Å². The van der Waals surface area contributed by atoms with Gasteiger partial charge in [0.1, 0.15) is 18.3 Å². The fourth-order valence-electron chi connectivity index (χ4n) is 4.91. The Morgan fingerprint density at radius 2 is 1.52 bits per heavy atom. The summed E-state index contributed by atoms with van der Waals surface area (Å²) in [6.07, 6.45) is 0.993. The van der Waals surface area contributed by atoms with Crippen LogP contribution in [0.3, 0.4) is 0 Å². The average Bonchev–Trinajstić information content (AvgIpc) is 3.05. The predicted molar refractivity (Wildman–Crippen MR) is 173 cm³/mol. The molecule has 0 bridgehead atoms. The third-order valence-electron chi connectivity index (χ3n) is 7.37. The lowest BCUT2D eigenvalue weighted by Crippen LogP contribution is -2.53. The summed E-state index contributed by atoms with van der Waals surface area (Å²) >= 11 is 0. The molecule has 0 saturated heterocycles. The number of carbonyl (C=O) groups is 2. The highest BCUT2D eigenvalue weighted by Crippen LogP contribution is 2.28. The smallest absolute Gasteiger partial charge is 0.264 e. The van der Waals surface area contributed by atoms with E-state index in [2.05, 4.69) is 5.32 Å². The minimum atomic E-state index is -4.18. The van der Waals surface area contributed by atoms with E-state index < -0.39 is 28.5 Å². The van der Waals surface area contributed by atoms with E-state index in [1.54, 1.807) is 42.5 Å². The second-order valence-corrected chi connectivity index (χ2v) is 12.3. The molecule has 0 aliphatic heterocycles. The van der Waals surface area contributed by atoms with Crippen LogP contribution in [0.4, 0.5) is 5.69 Å². The first-order valence-electron chi connectivity index (χ1n) is 14.6. The highest BCUT2D eigenvalue weighted by atomic mass is 32.2. The number of ether oxygens (including phenoxy) is 1. The zero-order chi connectivity index (χ0) is 31.5. The van der Waals surface area contributed by atoms with Crippen LogP contribution >= 0.6 is 0 Å². The van der Waals surface area contributed by atoms with Crippen molar-refractivity contribution in [2.75, 3.05) is 24.5 Å². The van der Waals surface area contributed by atoms with E-state index in [9.17, 15) is 18.0 Å². The molecule has 0 aromatic heterocycles. The van der Waals surface area contributed by atoms with Crippen molar-refractivity contribution < 1.29 is 22.7 Å². The Bertz CT molecular complexity index is 1650. The van der Waals surface area contributed by atoms with Gasteiger partial charge in [-0.05, 0) is 54.3 Å². The van der Waals surface area contributed by atoms with Gasteiger partial charge in [0.25, 0.3) is 10.0 Å². The first-order valence-corrected chi connectivity index (χ1v) is 16.1. The molecule has 0 heterocycles. The van der Waals surface area contributed by atoms with Gasteiger partial charge in [-0.25, -0.2) is 8.42 Å². The van der Waals surface area contributed by atoms with Gasteiger partial charge in [0.05, 0.1) is 17.7 Å². The van der Waals surface area contributed by atoms with Gasteiger partial charge in [-0.1, -0.05) is 85.8 Å². The highest BCUT2D eigenvalue weighted by molar-refractivity contribution is 7.92. The van der Waals surface area contributed by atoms with Crippen LogP contribution in [0.25, 0.3) is 0 Å². The first kappa shape index (κ1) is 32.3. The molecule has 2 amide bonds. The zero-order valence-corrected chi connectivity index (χ0v) is 26.2. The summed E-state index contributed by atoms with van der Waals surface area (Å²) in [4.78, 5) is 29.8. The Labute approximate surface area is 260 Å². The number of amides is 2. The Morgan fingerprint density at radius 1 is 0.864 bits per heavy atom. The molecule has 230 valence electrons. The van der Waals surface area contributed by atoms with Gasteiger partial charge < -0.3 is 15.0 Å². The van der Waals surface area contributed by atoms with E-state index >= 15 is 0 Å². The van der Waals surface area contributed by atoms with Crippen molar-refractivity contribution in [2.24, 2.45) is 0 Å². The largest absolute Gasteiger partial charge is 0.497 e. The third kappa shape index (κ3) is 8.05. The molecule has 9 heteroatoms. The van der Waals surface area contributed by atoms with Gasteiger partial charge in [0.2, 0.25) is 11.8 Å². The Hall–Kier alpha value is -4.63. The summed E-state index contributed by atoms with van der Waals surface area (Å²) in [6, 6.07) is 30.9. The van der Waals surface area contributed by atoms with Crippen LogP contribution in [0.2, 0.25) is 0 Å². The van der Waals surface area contributed by atoms with Gasteiger partial charge in [0, 0.05) is 25.6 Å². The van der Waals surface area contributed by atoms with Crippen LogP contribution in [-0.2, 0) is 32.6 Å². The van der Waals surface area contributed by atoms with Gasteiger partial charge in [-0.15, -0.1) is 0 Å². The summed E-state index contributed by atoms with van der Waals surface area (Å²) < 4.78 is 34.6. The van der Waals surface area contributed by atoms with Crippen molar-refractivity contribution in [3.63, 3.8) is 0 Å². The number of rotatable bonds is 14. The van der Waals surface area contributed by atoms with E-state index in [0.29, 0.717) is 12.3 Å². The van der Waals surface area contributed by atoms with Crippen molar-refractivity contribution in [1.29, 1.82) is 0 Å². The SMILES string of the molecule is CCCNC(=O)[C@H](Cc1ccccc1)N(Cc1ccccc1C)C(=O)CN(c1cccc(OC)c1)S(=O)(=O)c1ccccc1. The number of hydrogen-bond acceptors (Lipinski definition) is 5. The lowest BCUT2D eigenvalue weighted by atomic mass is 10.0. The van der Waals surface area contributed by atoms with Gasteiger partial charge in [0.15, 0.2) is 0 Å². The second-order valence-electron chi connectivity index (χ2n) is 10.5. The highest BCUT2D eigenvalue weighted by Gasteiger charge is 2.34. The second kappa shape index (κ2) is 15.2. The molecule has 44 heavy (non-hydrogen) atoms. The number of sulfonamides is 1. The van der Waals surface area contributed by atoms with Crippen LogP contribution in [0.5, 0.6) is 5.75 Å². The Balaban J connectivity index is 1.81. The number of aryl methyl sites for hydroxylation is 1. The lowest BCUT2D eigenvalue weighted by Gasteiger charge is -2.34. The van der Waals surface area contributed by atoms with Crippen LogP contribution in [0.15, 0.2) is 114 Å². The van der Waals surface area contributed by atoms with E-state index in [4.69, 9.17) is 4.74 Å². The lowest BCUT2D eigenvalue weighted by molar-refractivity contribution is -0.140. The number of methoxy groups -OCH3 is 1. The van der Waals surface area contributed by atoms with Crippen molar-refractivity contribution in [3.8, 4) is 5.75 Å². The maximum absolute atomic E-state index is 14.5. The number of carbonyl (C=O) groups excluding carboxylic acids is 2. The number of hydrogen-bond donors (Lipinski definition) is 1. The van der Waals surface area contributed by atoms with Crippen molar-refractivity contribution >= 4 is 27.5 Å². The zero-order valence-electron chi connectivity index (χ0n) is 25.3. The quantitative estimate of drug-likeness (QED) is 0.207. The molecule has 4 aromatic rings. The van der Waals surface area contributed by atoms with Gasteiger partial charge >= 0.3 is 0 Å². The normalized spacial score (nSPS) is 11.8. The summed E-state index contributed by atoms with van der Waals surface area (Å²) in [5, 5.41) is 2.96. The summed E-state index contributed by atoms with van der Waals surface area (Å²) in [7, 11) is -2.68. The number of benzene rings is 4. The van der Waals surface area contributed by atoms with Gasteiger partial charge in [-0.2, -0.15) is 0 Å². The van der Waals surface area contributed by atoms with Crippen LogP contribution in [-0.4, -0.2) is 51.4 Å². The minimum absolute atomic E-state index is 0.0441. The molecule has 4 aromatic carbocycles. The molecule has 0 radical (unpaired) electrons. The van der Waals surface area contributed by atoms with E-state index in [1.807, 2.05) is 68.4 Å². The van der Waals surface area contributed by atoms with E-state index in [-0.39, 0.29) is 29.5 Å². The Morgan fingerprint density at radius 3 is 2.18 bits per heavy atom. The molecule has 4 rings (SSSR count). The molecule has 0 unspecified atom stereocenters. The molecule has 1 atom stereocenters. The molecule has 0 fully saturated rings. The van der Waals surface area contributed by atoms with Crippen molar-refractivity contribution in [2.45, 2.75) is 44.2 Å². The molecular weight excluding hydrogens is 574 g/mol. The fraction of sp³-hybridized carbons (Fsp3) is 0.257. The Kier molecular flexibility index (Phi) is 11.2. The van der Waals surface area contributed by atoms with Crippen LogP contribution in [0.1, 0.15) is 30.0 Å². The molecule has 0 aliphatic carbocycles. The molecule has 0 spiro atoms. The maximum atomic E-state index is 14.5. The fourth-order valence-corrected chi connectivity index (χ4v) is 6.33. The third-order valence-corrected chi connectivity index (χ3v) is 9.16. The van der Waals surface area contributed by atoms with E-state index in [0.717, 1.165) is 27.4 Å². The van der Waals surface area contributed by atoms with Crippen molar-refractivity contribution in [3.05, 3.63) is 126 Å². The van der Waals surface area contributed by atoms with Crippen LogP contribution in [0, 0.1) is 6.92 Å². The molecule has 8 nitrogen and oxygen atoms in total. The summed E-state index contributed by atoms with van der Waals surface area (Å²) in [5.74, 6) is -0.361. The predicted octanol–water partition coefficient (Wildman–Crippen LogP) is 5.37. The summed E-state index contributed by atoms with van der Waals surface area (Å²) in [6.45, 7) is 3.96. The minimum Gasteiger partial charge on any atom is -0.497 e.